The molecule has 3 aromatic rings. The molecule has 30 heavy (non-hydrogen) atoms. The average molecular weight is 442 g/mol. The van der Waals surface area contributed by atoms with Gasteiger partial charge in [0.2, 0.25) is 5.16 Å². The van der Waals surface area contributed by atoms with Gasteiger partial charge in [0.05, 0.1) is 6.61 Å². The van der Waals surface area contributed by atoms with E-state index < -0.39 is 0 Å². The van der Waals surface area contributed by atoms with Gasteiger partial charge in [-0.25, -0.2) is 4.68 Å². The Kier molecular flexibility index (Phi) is 7.81. The molecule has 2 N–H and O–H groups in total. The monoisotopic (exact) mass is 441 g/mol. The summed E-state index contributed by atoms with van der Waals surface area (Å²) >= 11 is 6.89. The van der Waals surface area contributed by atoms with E-state index in [0.717, 1.165) is 11.6 Å². The van der Waals surface area contributed by atoms with Gasteiger partial charge < -0.3 is 4.74 Å². The molecule has 0 radical (unpaired) electrons. The predicted octanol–water partition coefficient (Wildman–Crippen LogP) is 3.79. The number of nitrogens with one attached hydrogen (secondary N) is 2. The van der Waals surface area contributed by atoms with Crippen LogP contribution in [0.4, 0.5) is 0 Å². The van der Waals surface area contributed by atoms with E-state index in [4.69, 9.17) is 17.0 Å². The summed E-state index contributed by atoms with van der Waals surface area (Å²) in [7, 11) is 0. The lowest BCUT2D eigenvalue weighted by molar-refractivity contribution is 0.0977. The van der Waals surface area contributed by atoms with Crippen molar-refractivity contribution in [1.82, 2.24) is 20.2 Å². The highest BCUT2D eigenvalue weighted by molar-refractivity contribution is 7.98. The number of ether oxygens (including phenoxy) is 1. The normalized spacial score (nSPS) is 10.5. The Morgan fingerprint density at radius 3 is 2.67 bits per heavy atom. The molecule has 0 unspecified atom stereocenters. The second kappa shape index (κ2) is 10.7. The van der Waals surface area contributed by atoms with Crippen molar-refractivity contribution in [1.29, 1.82) is 0 Å². The summed E-state index contributed by atoms with van der Waals surface area (Å²) in [6.07, 6.45) is 0.666. The molecule has 2 aromatic carbocycles. The lowest BCUT2D eigenvalue weighted by Gasteiger charge is -2.14. The number of thioether (sulfide) groups is 1. The Hall–Kier alpha value is -2.91. The van der Waals surface area contributed by atoms with Crippen molar-refractivity contribution < 1.29 is 9.53 Å². The van der Waals surface area contributed by atoms with E-state index in [1.54, 1.807) is 28.9 Å². The molecule has 1 amide bonds. The topological polar surface area (TPSA) is 81.1 Å². The van der Waals surface area contributed by atoms with E-state index in [1.165, 1.54) is 17.3 Å². The zero-order chi connectivity index (χ0) is 21.3. The fraction of sp³-hybridized carbons (Fsp3) is 0.238. The maximum Gasteiger partial charge on any atom is 0.257 e. The number of hydrogen-bond donors (Lipinski definition) is 2. The van der Waals surface area contributed by atoms with Gasteiger partial charge >= 0.3 is 0 Å². The predicted molar refractivity (Wildman–Crippen MR) is 122 cm³/mol. The largest absolute Gasteiger partial charge is 0.494 e. The number of aromatic nitrogens is 3. The molecule has 0 saturated carbocycles. The first-order valence-corrected chi connectivity index (χ1v) is 11.0. The molecule has 0 atom stereocenters. The van der Waals surface area contributed by atoms with Gasteiger partial charge in [0.15, 0.2) is 10.9 Å². The van der Waals surface area contributed by atoms with Gasteiger partial charge in [-0.05, 0) is 42.9 Å². The van der Waals surface area contributed by atoms with E-state index in [1.807, 2.05) is 32.0 Å². The highest BCUT2D eigenvalue weighted by Gasteiger charge is 2.15. The molecule has 9 heteroatoms. The summed E-state index contributed by atoms with van der Waals surface area (Å²) in [6.45, 7) is 4.40. The SMILES string of the molecule is CCOc1cccc(C(=O)NC(=S)Nn2c(CC)nnc2SCc2ccccc2)c1. The minimum Gasteiger partial charge on any atom is -0.494 e. The maximum atomic E-state index is 12.6. The molecule has 156 valence electrons. The lowest BCUT2D eigenvalue weighted by Crippen LogP contribution is -2.38. The van der Waals surface area contributed by atoms with E-state index in [-0.39, 0.29) is 11.0 Å². The summed E-state index contributed by atoms with van der Waals surface area (Å²) in [6, 6.07) is 17.1. The van der Waals surface area contributed by atoms with Gasteiger partial charge in [0.25, 0.3) is 5.91 Å². The van der Waals surface area contributed by atoms with E-state index >= 15 is 0 Å². The Labute approximate surface area is 185 Å². The summed E-state index contributed by atoms with van der Waals surface area (Å²) in [4.78, 5) is 12.6. The molecule has 3 rings (SSSR count). The van der Waals surface area contributed by atoms with Crippen LogP contribution < -0.4 is 15.5 Å². The van der Waals surface area contributed by atoms with Gasteiger partial charge in [-0.3, -0.25) is 15.5 Å². The van der Waals surface area contributed by atoms with Gasteiger partial charge in [-0.1, -0.05) is 55.1 Å². The van der Waals surface area contributed by atoms with Crippen molar-refractivity contribution in [3.63, 3.8) is 0 Å². The molecule has 1 aromatic heterocycles. The van der Waals surface area contributed by atoms with Crippen molar-refractivity contribution in [2.24, 2.45) is 0 Å². The average Bonchev–Trinajstić information content (AvgIpc) is 3.14. The summed E-state index contributed by atoms with van der Waals surface area (Å²) in [5.74, 6) is 1.78. The Morgan fingerprint density at radius 2 is 1.93 bits per heavy atom. The molecular weight excluding hydrogens is 418 g/mol. The van der Waals surface area contributed by atoms with Crippen LogP contribution in [0.1, 0.15) is 35.6 Å². The molecule has 7 nitrogen and oxygen atoms in total. The highest BCUT2D eigenvalue weighted by atomic mass is 32.2. The molecule has 0 aliphatic rings. The fourth-order valence-electron chi connectivity index (χ4n) is 2.66. The summed E-state index contributed by atoms with van der Waals surface area (Å²) in [5, 5.41) is 12.0. The Balaban J connectivity index is 1.66. The van der Waals surface area contributed by atoms with Crippen LogP contribution in [0.15, 0.2) is 59.8 Å². The van der Waals surface area contributed by atoms with Crippen LogP contribution in [0.3, 0.4) is 0 Å². The van der Waals surface area contributed by atoms with Crippen molar-refractivity contribution >= 4 is 35.0 Å². The first-order valence-electron chi connectivity index (χ1n) is 9.57. The van der Waals surface area contributed by atoms with E-state index in [9.17, 15) is 4.79 Å². The second-order valence-corrected chi connectivity index (χ2v) is 7.57. The number of hydrogen-bond acceptors (Lipinski definition) is 6. The quantitative estimate of drug-likeness (QED) is 0.407. The Bertz CT molecular complexity index is 1010. The number of nitrogens with zero attached hydrogens (tertiary/aromatic N) is 3. The van der Waals surface area contributed by atoms with Gasteiger partial charge in [-0.15, -0.1) is 10.2 Å². The standard InChI is InChI=1S/C21H23N5O2S2/c1-3-18-23-24-21(30-14-15-9-6-5-7-10-15)26(18)25-20(29)22-19(27)16-11-8-12-17(13-16)28-4-2/h5-13H,3-4,14H2,1-2H3,(H2,22,25,27,29). The minimum atomic E-state index is -0.321. The van der Waals surface area contributed by atoms with Crippen molar-refractivity contribution in [3.05, 3.63) is 71.5 Å². The van der Waals surface area contributed by atoms with E-state index in [2.05, 4.69) is 33.1 Å². The van der Waals surface area contributed by atoms with Crippen LogP contribution in [0.2, 0.25) is 0 Å². The fourth-order valence-corrected chi connectivity index (χ4v) is 3.71. The van der Waals surface area contributed by atoms with Crippen LogP contribution in [0.5, 0.6) is 5.75 Å². The number of carbonyl (C=O) groups excluding carboxylic acids is 1. The molecule has 0 bridgehead atoms. The summed E-state index contributed by atoms with van der Waals surface area (Å²) < 4.78 is 7.16. The van der Waals surface area contributed by atoms with Gasteiger partial charge in [0, 0.05) is 17.7 Å². The van der Waals surface area contributed by atoms with Crippen molar-refractivity contribution in [2.75, 3.05) is 12.0 Å². The first-order chi connectivity index (χ1) is 14.6. The van der Waals surface area contributed by atoms with Crippen molar-refractivity contribution in [2.45, 2.75) is 31.2 Å². The number of aryl methyl sites for hydroxylation is 1. The Morgan fingerprint density at radius 1 is 1.13 bits per heavy atom. The third kappa shape index (κ3) is 5.80. The van der Waals surface area contributed by atoms with Gasteiger partial charge in [-0.2, -0.15) is 0 Å². The van der Waals surface area contributed by atoms with Gasteiger partial charge in [0.1, 0.15) is 5.75 Å². The zero-order valence-corrected chi connectivity index (χ0v) is 18.4. The summed E-state index contributed by atoms with van der Waals surface area (Å²) in [5.41, 5.74) is 4.67. The second-order valence-electron chi connectivity index (χ2n) is 6.22. The highest BCUT2D eigenvalue weighted by Crippen LogP contribution is 2.21. The smallest absolute Gasteiger partial charge is 0.257 e. The number of benzene rings is 2. The minimum absolute atomic E-state index is 0.165. The molecule has 0 aliphatic heterocycles. The van der Waals surface area contributed by atoms with Crippen LogP contribution in [-0.2, 0) is 12.2 Å². The zero-order valence-electron chi connectivity index (χ0n) is 16.8. The lowest BCUT2D eigenvalue weighted by atomic mass is 10.2. The molecule has 1 heterocycles. The van der Waals surface area contributed by atoms with Crippen LogP contribution in [0.25, 0.3) is 0 Å². The van der Waals surface area contributed by atoms with Crippen LogP contribution in [0, 0.1) is 0 Å². The van der Waals surface area contributed by atoms with Crippen LogP contribution in [-0.4, -0.2) is 32.5 Å². The van der Waals surface area contributed by atoms with Crippen molar-refractivity contribution in [3.8, 4) is 5.75 Å². The molecular formula is C21H23N5O2S2. The van der Waals surface area contributed by atoms with E-state index in [0.29, 0.717) is 29.5 Å². The molecule has 0 fully saturated rings. The molecule has 0 saturated heterocycles. The number of carbonyl (C=O) groups is 1. The number of amides is 1. The third-order valence-corrected chi connectivity index (χ3v) is 5.27. The number of rotatable bonds is 8. The van der Waals surface area contributed by atoms with Crippen LogP contribution >= 0.6 is 24.0 Å². The molecule has 0 spiro atoms. The number of thiocarbonyl (C=S) groups is 1. The molecule has 0 aliphatic carbocycles. The maximum absolute atomic E-state index is 12.6. The first kappa shape index (κ1) is 21.8. The third-order valence-electron chi connectivity index (χ3n) is 4.08.